The van der Waals surface area contributed by atoms with E-state index in [1.807, 2.05) is 29.2 Å². The van der Waals surface area contributed by atoms with Crippen LogP contribution in [-0.4, -0.2) is 81.3 Å². The highest BCUT2D eigenvalue weighted by Crippen LogP contribution is 2.32. The average Bonchev–Trinajstić information content (AvgIpc) is 3.16. The predicted octanol–water partition coefficient (Wildman–Crippen LogP) is 7.96. The van der Waals surface area contributed by atoms with Gasteiger partial charge in [0.2, 0.25) is 5.91 Å². The van der Waals surface area contributed by atoms with Gasteiger partial charge >= 0.3 is 6.09 Å². The van der Waals surface area contributed by atoms with Crippen molar-refractivity contribution in [1.82, 2.24) is 10.2 Å². The average molecular weight is 759 g/mol. The van der Waals surface area contributed by atoms with Crippen LogP contribution < -0.4 is 29.7 Å². The van der Waals surface area contributed by atoms with Crippen LogP contribution in [0.2, 0.25) is 0 Å². The van der Waals surface area contributed by atoms with Gasteiger partial charge < -0.3 is 39.4 Å². The zero-order chi connectivity index (χ0) is 40.0. The maximum Gasteiger partial charge on any atom is 0.407 e. The Balaban J connectivity index is 1.30. The van der Waals surface area contributed by atoms with E-state index in [0.29, 0.717) is 77.6 Å². The van der Waals surface area contributed by atoms with Crippen LogP contribution in [0, 0.1) is 11.8 Å². The van der Waals surface area contributed by atoms with Crippen LogP contribution in [0.1, 0.15) is 93.9 Å². The molecule has 1 aliphatic rings. The van der Waals surface area contributed by atoms with E-state index in [1.165, 1.54) is 12.0 Å². The first-order valence-corrected chi connectivity index (χ1v) is 19.2. The summed E-state index contributed by atoms with van der Waals surface area (Å²) in [4.78, 5) is 55.2. The smallest absolute Gasteiger partial charge is 0.407 e. The standard InChI is InChI=1S/C43H58N4O8/c1-30(17-20-39(48)47-25-21-31(2)22-26-47)23-28-54-37-16-11-9-14-35(37)46(6)41(50)32-18-19-34(38(29-32)52-7)45-40(49)33-13-8-10-15-36(33)53-27-12-24-44-42(51)55-43(3,4)5/h8-11,13-16,18-19,29-31H,12,17,20-28H2,1-7H3,(H,44,51)(H,45,49). The molecule has 0 spiro atoms. The van der Waals surface area contributed by atoms with Crippen LogP contribution in [0.4, 0.5) is 16.2 Å². The first kappa shape index (κ1) is 42.5. The molecule has 1 unspecified atom stereocenters. The molecule has 12 nitrogen and oxygen atoms in total. The summed E-state index contributed by atoms with van der Waals surface area (Å²) in [5.41, 5.74) is 1.09. The molecule has 0 radical (unpaired) electrons. The molecule has 0 saturated carbocycles. The van der Waals surface area contributed by atoms with Crippen LogP contribution in [0.25, 0.3) is 0 Å². The van der Waals surface area contributed by atoms with Gasteiger partial charge in [-0.1, -0.05) is 38.1 Å². The van der Waals surface area contributed by atoms with Gasteiger partial charge in [-0.05, 0) is 107 Å². The Morgan fingerprint density at radius 1 is 0.891 bits per heavy atom. The fraction of sp³-hybridized carbons (Fsp3) is 0.488. The molecule has 12 heteroatoms. The minimum Gasteiger partial charge on any atom is -0.495 e. The Morgan fingerprint density at radius 3 is 2.27 bits per heavy atom. The van der Waals surface area contributed by atoms with Crippen molar-refractivity contribution in [3.63, 3.8) is 0 Å². The number of anilines is 2. The van der Waals surface area contributed by atoms with Gasteiger partial charge in [-0.25, -0.2) is 4.79 Å². The number of nitrogens with zero attached hydrogens (tertiary/aromatic N) is 2. The molecule has 1 atom stereocenters. The molecule has 2 N–H and O–H groups in total. The van der Waals surface area contributed by atoms with Gasteiger partial charge in [0.1, 0.15) is 22.8 Å². The normalized spacial score (nSPS) is 13.7. The van der Waals surface area contributed by atoms with E-state index < -0.39 is 17.6 Å². The molecule has 3 aromatic rings. The molecule has 4 amide bonds. The first-order chi connectivity index (χ1) is 26.3. The highest BCUT2D eigenvalue weighted by Gasteiger charge is 2.23. The maximum absolute atomic E-state index is 13.7. The molecular weight excluding hydrogens is 700 g/mol. The quantitative estimate of drug-likeness (QED) is 0.132. The summed E-state index contributed by atoms with van der Waals surface area (Å²) >= 11 is 0. The van der Waals surface area contributed by atoms with Gasteiger partial charge in [0.15, 0.2) is 0 Å². The second-order valence-electron chi connectivity index (χ2n) is 15.2. The maximum atomic E-state index is 13.7. The van der Waals surface area contributed by atoms with Gasteiger partial charge in [0.05, 0.1) is 37.3 Å². The third-order valence-corrected chi connectivity index (χ3v) is 9.46. The molecule has 1 aliphatic heterocycles. The number of rotatable bonds is 17. The molecule has 298 valence electrons. The number of carbonyl (C=O) groups is 4. The molecule has 3 aromatic carbocycles. The van der Waals surface area contributed by atoms with Gasteiger partial charge in [-0.3, -0.25) is 14.4 Å². The Kier molecular flexibility index (Phi) is 15.8. The zero-order valence-corrected chi connectivity index (χ0v) is 33.4. The first-order valence-electron chi connectivity index (χ1n) is 19.2. The van der Waals surface area contributed by atoms with Crippen LogP contribution >= 0.6 is 0 Å². The number of likely N-dealkylation sites (tertiary alicyclic amines) is 1. The summed E-state index contributed by atoms with van der Waals surface area (Å²) in [5.74, 6) is 1.83. The summed E-state index contributed by atoms with van der Waals surface area (Å²) in [6.45, 7) is 12.6. The van der Waals surface area contributed by atoms with Crippen molar-refractivity contribution in [3.05, 3.63) is 77.9 Å². The highest BCUT2D eigenvalue weighted by atomic mass is 16.6. The van der Waals surface area contributed by atoms with Crippen molar-refractivity contribution in [1.29, 1.82) is 0 Å². The number of methoxy groups -OCH3 is 1. The zero-order valence-electron chi connectivity index (χ0n) is 33.4. The molecule has 1 saturated heterocycles. The summed E-state index contributed by atoms with van der Waals surface area (Å²) in [7, 11) is 3.16. The predicted molar refractivity (Wildman–Crippen MR) is 214 cm³/mol. The van der Waals surface area contributed by atoms with Gasteiger partial charge in [0.25, 0.3) is 11.8 Å². The summed E-state index contributed by atoms with van der Waals surface area (Å²) in [6, 6.07) is 19.1. The van der Waals surface area contributed by atoms with E-state index in [9.17, 15) is 19.2 Å². The number of piperidine rings is 1. The van der Waals surface area contributed by atoms with E-state index in [2.05, 4.69) is 24.5 Å². The van der Waals surface area contributed by atoms with Crippen LogP contribution in [0.3, 0.4) is 0 Å². The van der Waals surface area contributed by atoms with E-state index in [4.69, 9.17) is 18.9 Å². The van der Waals surface area contributed by atoms with Crippen LogP contribution in [0.5, 0.6) is 17.2 Å². The second kappa shape index (κ2) is 20.4. The number of para-hydroxylation sites is 3. The third-order valence-electron chi connectivity index (χ3n) is 9.46. The summed E-state index contributed by atoms with van der Waals surface area (Å²) in [6.07, 6.45) is 4.31. The fourth-order valence-corrected chi connectivity index (χ4v) is 6.12. The number of nitrogens with one attached hydrogen (secondary N) is 2. The monoisotopic (exact) mass is 758 g/mol. The Labute approximate surface area is 325 Å². The van der Waals surface area contributed by atoms with Gasteiger partial charge in [-0.2, -0.15) is 0 Å². The van der Waals surface area contributed by atoms with E-state index in [0.717, 1.165) is 38.8 Å². The number of hydrogen-bond acceptors (Lipinski definition) is 8. The number of amides is 4. The molecule has 1 heterocycles. The number of ether oxygens (including phenoxy) is 4. The Bertz CT molecular complexity index is 1750. The van der Waals surface area contributed by atoms with Crippen LogP contribution in [-0.2, 0) is 9.53 Å². The fourth-order valence-electron chi connectivity index (χ4n) is 6.12. The lowest BCUT2D eigenvalue weighted by Crippen LogP contribution is -2.37. The lowest BCUT2D eigenvalue weighted by Gasteiger charge is -2.30. The molecular formula is C43H58N4O8. The van der Waals surface area contributed by atoms with Crippen LogP contribution in [0.15, 0.2) is 66.7 Å². The molecule has 55 heavy (non-hydrogen) atoms. The number of hydrogen-bond donors (Lipinski definition) is 2. The van der Waals surface area contributed by atoms with E-state index in [1.54, 1.807) is 70.3 Å². The molecule has 0 aromatic heterocycles. The molecule has 0 aliphatic carbocycles. The van der Waals surface area contributed by atoms with Crippen molar-refractivity contribution < 1.29 is 38.1 Å². The van der Waals surface area contributed by atoms with Gasteiger partial charge in [-0.15, -0.1) is 0 Å². The van der Waals surface area contributed by atoms with E-state index in [-0.39, 0.29) is 18.4 Å². The minimum atomic E-state index is -0.584. The third kappa shape index (κ3) is 13.2. The Hall–Kier alpha value is -5.26. The minimum absolute atomic E-state index is 0.242. The van der Waals surface area contributed by atoms with E-state index >= 15 is 0 Å². The number of alkyl carbamates (subject to hydrolysis) is 1. The van der Waals surface area contributed by atoms with Crippen molar-refractivity contribution >= 4 is 35.2 Å². The Morgan fingerprint density at radius 2 is 1.56 bits per heavy atom. The SMILES string of the molecule is COc1cc(C(=O)N(C)c2ccccc2OCCC(C)CCC(=O)N2CCC(C)CC2)ccc1NC(=O)c1ccccc1OCCCNC(=O)OC(C)(C)C. The second-order valence-corrected chi connectivity index (χ2v) is 15.2. The van der Waals surface area contributed by atoms with Crippen molar-refractivity contribution in [2.45, 2.75) is 78.7 Å². The van der Waals surface area contributed by atoms with Crippen molar-refractivity contribution in [2.24, 2.45) is 11.8 Å². The molecule has 1 fully saturated rings. The molecule has 4 rings (SSSR count). The van der Waals surface area contributed by atoms with Gasteiger partial charge in [0, 0.05) is 38.7 Å². The number of carbonyl (C=O) groups excluding carboxylic acids is 4. The van der Waals surface area contributed by atoms with Crippen molar-refractivity contribution in [3.8, 4) is 17.2 Å². The van der Waals surface area contributed by atoms with Crippen molar-refractivity contribution in [2.75, 3.05) is 57.2 Å². The largest absolute Gasteiger partial charge is 0.495 e. The highest BCUT2D eigenvalue weighted by molar-refractivity contribution is 6.09. The number of benzene rings is 3. The lowest BCUT2D eigenvalue weighted by atomic mass is 9.97. The summed E-state index contributed by atoms with van der Waals surface area (Å²) < 4.78 is 22.9. The topological polar surface area (TPSA) is 136 Å². The molecule has 0 bridgehead atoms. The summed E-state index contributed by atoms with van der Waals surface area (Å²) in [5, 5.41) is 5.56. The lowest BCUT2D eigenvalue weighted by molar-refractivity contribution is -0.132.